The molecule has 1 aliphatic rings. The highest BCUT2D eigenvalue weighted by atomic mass is 16.4. The molecule has 3 amide bonds. The van der Waals surface area contributed by atoms with Gasteiger partial charge >= 0.3 is 5.97 Å². The summed E-state index contributed by atoms with van der Waals surface area (Å²) in [6.07, 6.45) is 2.36. The molecule has 0 aromatic carbocycles. The first-order valence-corrected chi connectivity index (χ1v) is 11.3. The zero-order valence-corrected chi connectivity index (χ0v) is 19.7. The largest absolute Gasteiger partial charge is 0.480 e. The smallest absolute Gasteiger partial charge is 0.326 e. The highest BCUT2D eigenvalue weighted by Gasteiger charge is 2.33. The van der Waals surface area contributed by atoms with Crippen LogP contribution < -0.4 is 21.3 Å². The van der Waals surface area contributed by atoms with Crippen LogP contribution in [0.2, 0.25) is 0 Å². The molecule has 1 rings (SSSR count). The summed E-state index contributed by atoms with van der Waals surface area (Å²) in [7, 11) is 0. The van der Waals surface area contributed by atoms with Gasteiger partial charge in [-0.15, -0.1) is 0 Å². The predicted octanol–water partition coefficient (Wildman–Crippen LogP) is 1.03. The van der Waals surface area contributed by atoms with Gasteiger partial charge in [0.1, 0.15) is 18.1 Å². The van der Waals surface area contributed by atoms with Crippen LogP contribution in [0.25, 0.3) is 0 Å². The number of amides is 3. The van der Waals surface area contributed by atoms with E-state index in [9.17, 15) is 24.3 Å². The molecule has 1 heterocycles. The molecule has 0 spiro atoms. The first kappa shape index (κ1) is 26.9. The monoisotopic (exact) mass is 440 g/mol. The Labute approximate surface area is 185 Å². The van der Waals surface area contributed by atoms with E-state index in [0.29, 0.717) is 12.8 Å². The Bertz CT molecular complexity index is 629. The first-order valence-electron chi connectivity index (χ1n) is 11.3. The van der Waals surface area contributed by atoms with Gasteiger partial charge in [-0.25, -0.2) is 4.79 Å². The van der Waals surface area contributed by atoms with E-state index in [1.807, 2.05) is 27.7 Å². The van der Waals surface area contributed by atoms with Gasteiger partial charge in [-0.1, -0.05) is 41.5 Å². The van der Waals surface area contributed by atoms with Gasteiger partial charge in [0.05, 0.1) is 6.04 Å². The fraction of sp³-hybridized carbons (Fsp3) is 0.818. The Morgan fingerprint density at radius 1 is 0.871 bits per heavy atom. The summed E-state index contributed by atoms with van der Waals surface area (Å²) in [6.45, 7) is 12.0. The number of carboxylic acid groups (broad SMARTS) is 1. The van der Waals surface area contributed by atoms with Crippen LogP contribution in [0.3, 0.4) is 0 Å². The van der Waals surface area contributed by atoms with Crippen LogP contribution in [0.15, 0.2) is 0 Å². The normalized spacial score (nSPS) is 19.2. The highest BCUT2D eigenvalue weighted by Crippen LogP contribution is 2.11. The minimum Gasteiger partial charge on any atom is -0.480 e. The lowest BCUT2D eigenvalue weighted by Gasteiger charge is -2.28. The standard InChI is InChI=1S/C22H40N4O5/c1-12(2)10-16(24-19(27)15-8-7-9-23-15)20(28)26-18(14(5)6)21(29)25-17(22(30)31)11-13(3)4/h12-18,23H,7-11H2,1-6H3,(H,24,27)(H,25,29)(H,26,28)(H,30,31)/t15-,16-,17-,18-/m0/s1. The van der Waals surface area contributed by atoms with Crippen molar-refractivity contribution in [2.24, 2.45) is 17.8 Å². The Kier molecular flexibility index (Phi) is 11.0. The van der Waals surface area contributed by atoms with Crippen molar-refractivity contribution in [2.75, 3.05) is 6.54 Å². The quantitative estimate of drug-likeness (QED) is 0.307. The maximum Gasteiger partial charge on any atom is 0.326 e. The number of carbonyl (C=O) groups is 4. The van der Waals surface area contributed by atoms with Crippen molar-refractivity contribution >= 4 is 23.7 Å². The third-order valence-corrected chi connectivity index (χ3v) is 5.29. The molecule has 178 valence electrons. The van der Waals surface area contributed by atoms with Gasteiger partial charge in [-0.2, -0.15) is 0 Å². The molecule has 9 heteroatoms. The van der Waals surface area contributed by atoms with Crippen LogP contribution in [-0.4, -0.2) is 59.5 Å². The molecule has 0 bridgehead atoms. The summed E-state index contributed by atoms with van der Waals surface area (Å²) < 4.78 is 0. The van der Waals surface area contributed by atoms with Crippen LogP contribution in [0.1, 0.15) is 67.2 Å². The molecule has 1 saturated heterocycles. The second-order valence-corrected chi connectivity index (χ2v) is 9.60. The van der Waals surface area contributed by atoms with Crippen molar-refractivity contribution in [1.29, 1.82) is 0 Å². The molecule has 0 saturated carbocycles. The van der Waals surface area contributed by atoms with E-state index in [1.54, 1.807) is 13.8 Å². The van der Waals surface area contributed by atoms with Crippen molar-refractivity contribution < 1.29 is 24.3 Å². The van der Waals surface area contributed by atoms with Crippen LogP contribution in [0.5, 0.6) is 0 Å². The molecule has 0 aromatic heterocycles. The van der Waals surface area contributed by atoms with Crippen molar-refractivity contribution in [2.45, 2.75) is 91.4 Å². The minimum absolute atomic E-state index is 0.0864. The lowest BCUT2D eigenvalue weighted by molar-refractivity contribution is -0.143. The second kappa shape index (κ2) is 12.6. The van der Waals surface area contributed by atoms with Gasteiger partial charge in [-0.3, -0.25) is 14.4 Å². The molecule has 0 aliphatic carbocycles. The molecule has 9 nitrogen and oxygen atoms in total. The van der Waals surface area contributed by atoms with Crippen LogP contribution >= 0.6 is 0 Å². The molecule has 4 atom stereocenters. The Morgan fingerprint density at radius 3 is 1.90 bits per heavy atom. The SMILES string of the molecule is CC(C)C[C@H](NC(=O)[C@@H](NC(=O)[C@H](CC(C)C)NC(=O)[C@@H]1CCCN1)C(C)C)C(=O)O. The van der Waals surface area contributed by atoms with E-state index in [-0.39, 0.29) is 29.7 Å². The molecule has 0 aromatic rings. The van der Waals surface area contributed by atoms with E-state index in [1.165, 1.54) is 0 Å². The molecule has 0 radical (unpaired) electrons. The average Bonchev–Trinajstić information content (AvgIpc) is 3.18. The molecule has 5 N–H and O–H groups in total. The van der Waals surface area contributed by atoms with Gasteiger partial charge in [0.2, 0.25) is 17.7 Å². The number of aliphatic carboxylic acids is 1. The fourth-order valence-electron chi connectivity index (χ4n) is 3.63. The average molecular weight is 441 g/mol. The summed E-state index contributed by atoms with van der Waals surface area (Å²) in [4.78, 5) is 49.8. The van der Waals surface area contributed by atoms with Crippen molar-refractivity contribution in [1.82, 2.24) is 21.3 Å². The summed E-state index contributed by atoms with van der Waals surface area (Å²) in [5.41, 5.74) is 0. The summed E-state index contributed by atoms with van der Waals surface area (Å²) in [5, 5.41) is 20.6. The molecule has 0 unspecified atom stereocenters. The van der Waals surface area contributed by atoms with E-state index in [0.717, 1.165) is 19.4 Å². The molecular formula is C22H40N4O5. The maximum atomic E-state index is 13.0. The molecule has 31 heavy (non-hydrogen) atoms. The lowest BCUT2D eigenvalue weighted by Crippen LogP contribution is -2.58. The van der Waals surface area contributed by atoms with E-state index < -0.39 is 35.9 Å². The third kappa shape index (κ3) is 9.25. The Morgan fingerprint density at radius 2 is 1.45 bits per heavy atom. The molecule has 1 fully saturated rings. The van der Waals surface area contributed by atoms with Gasteiger partial charge in [0.25, 0.3) is 0 Å². The van der Waals surface area contributed by atoms with Crippen LogP contribution in [0, 0.1) is 17.8 Å². The molecule has 1 aliphatic heterocycles. The van der Waals surface area contributed by atoms with Crippen molar-refractivity contribution in [3.05, 3.63) is 0 Å². The van der Waals surface area contributed by atoms with E-state index in [2.05, 4.69) is 21.3 Å². The van der Waals surface area contributed by atoms with Gasteiger partial charge in [0.15, 0.2) is 0 Å². The van der Waals surface area contributed by atoms with E-state index in [4.69, 9.17) is 0 Å². The summed E-state index contributed by atoms with van der Waals surface area (Å²) >= 11 is 0. The first-order chi connectivity index (χ1) is 14.4. The lowest BCUT2D eigenvalue weighted by atomic mass is 9.98. The Balaban J connectivity index is 2.87. The van der Waals surface area contributed by atoms with E-state index >= 15 is 0 Å². The van der Waals surface area contributed by atoms with Crippen LogP contribution in [-0.2, 0) is 19.2 Å². The summed E-state index contributed by atoms with van der Waals surface area (Å²) in [6, 6.07) is -3.00. The van der Waals surface area contributed by atoms with Gasteiger partial charge < -0.3 is 26.4 Å². The van der Waals surface area contributed by atoms with Crippen molar-refractivity contribution in [3.63, 3.8) is 0 Å². The Hall–Kier alpha value is -2.16. The topological polar surface area (TPSA) is 137 Å². The fourth-order valence-corrected chi connectivity index (χ4v) is 3.63. The number of rotatable bonds is 12. The van der Waals surface area contributed by atoms with Crippen molar-refractivity contribution in [3.8, 4) is 0 Å². The molecular weight excluding hydrogens is 400 g/mol. The van der Waals surface area contributed by atoms with Gasteiger partial charge in [0, 0.05) is 0 Å². The van der Waals surface area contributed by atoms with Gasteiger partial charge in [-0.05, 0) is 50.0 Å². The number of carbonyl (C=O) groups excluding carboxylic acids is 3. The predicted molar refractivity (Wildman–Crippen MR) is 118 cm³/mol. The van der Waals surface area contributed by atoms with Crippen LogP contribution in [0.4, 0.5) is 0 Å². The number of nitrogens with one attached hydrogen (secondary N) is 4. The number of hydrogen-bond donors (Lipinski definition) is 5. The zero-order chi connectivity index (χ0) is 23.7. The second-order valence-electron chi connectivity index (χ2n) is 9.60. The summed E-state index contributed by atoms with van der Waals surface area (Å²) in [5.74, 6) is -2.32. The minimum atomic E-state index is -1.11. The highest BCUT2D eigenvalue weighted by molar-refractivity contribution is 5.94. The number of carboxylic acids is 1. The number of hydrogen-bond acceptors (Lipinski definition) is 5. The maximum absolute atomic E-state index is 13.0. The zero-order valence-electron chi connectivity index (χ0n) is 19.7. The third-order valence-electron chi connectivity index (χ3n) is 5.29.